The zero-order valence-electron chi connectivity index (χ0n) is 6.97. The van der Waals surface area contributed by atoms with E-state index in [2.05, 4.69) is 8.56 Å². The van der Waals surface area contributed by atoms with Gasteiger partial charge < -0.3 is 0 Å². The van der Waals surface area contributed by atoms with Gasteiger partial charge in [0.25, 0.3) is 0 Å². The number of carbonyl (C=O) groups excluding carboxylic acids is 1. The first-order valence-electron chi connectivity index (χ1n) is 3.70. The van der Waals surface area contributed by atoms with Gasteiger partial charge in [-0.25, -0.2) is 0 Å². The molecule has 0 saturated carbocycles. The van der Waals surface area contributed by atoms with E-state index in [0.29, 0.717) is 19.4 Å². The van der Waals surface area contributed by atoms with Gasteiger partial charge in [0.2, 0.25) is 0 Å². The monoisotopic (exact) mass is 370 g/mol. The quantitative estimate of drug-likeness (QED) is 0.205. The van der Waals surface area contributed by atoms with E-state index in [1.165, 1.54) is 0 Å². The fourth-order valence-corrected chi connectivity index (χ4v) is 1.04. The van der Waals surface area contributed by atoms with Crippen LogP contribution in [-0.2, 0) is 29.5 Å². The maximum atomic E-state index is 10.8. The zero-order chi connectivity index (χ0) is 10.3. The van der Waals surface area contributed by atoms with E-state index in [4.69, 9.17) is 16.9 Å². The Kier molecular flexibility index (Phi) is 6.61. The summed E-state index contributed by atoms with van der Waals surface area (Å²) in [6.07, 6.45) is 1.18. The molecule has 13 heavy (non-hydrogen) atoms. The van der Waals surface area contributed by atoms with Crippen LogP contribution >= 0.6 is 0 Å². The molecule has 6 nitrogen and oxygen atoms in total. The van der Waals surface area contributed by atoms with E-state index < -0.39 is 12.0 Å². The van der Waals surface area contributed by atoms with Gasteiger partial charge in [-0.1, -0.05) is 0 Å². The second-order valence-electron chi connectivity index (χ2n) is 2.47. The third-order valence-corrected chi connectivity index (χ3v) is 1.81. The molecule has 0 aromatic heterocycles. The molecule has 0 aromatic carbocycles. The number of guanidine groups is 1. The minimum absolute atomic E-state index is 0.0799. The molecule has 0 aliphatic rings. The first-order chi connectivity index (χ1) is 6.07. The van der Waals surface area contributed by atoms with E-state index >= 15 is 0 Å². The van der Waals surface area contributed by atoms with Crippen LogP contribution in [0.15, 0.2) is 0 Å². The summed E-state index contributed by atoms with van der Waals surface area (Å²) in [5.41, 5.74) is 10.5. The summed E-state index contributed by atoms with van der Waals surface area (Å²) in [6, 6.07) is -0.598. The molecule has 1 atom stereocenters. The van der Waals surface area contributed by atoms with Crippen LogP contribution < -0.4 is 16.8 Å². The van der Waals surface area contributed by atoms with Crippen molar-refractivity contribution in [2.24, 2.45) is 11.5 Å². The van der Waals surface area contributed by atoms with Crippen LogP contribution in [0.3, 0.4) is 0 Å². The standard InChI is InChI=1S/C6H14N4O2.Au/c7-4(5(11)12)2-1-3-10-6(8)9;/h4H,1-3,7H2,(H,11,12)(H4,8,9,10);/q;+1/p-1/t4-;/m0./s1. The summed E-state index contributed by atoms with van der Waals surface area (Å²) >= 11 is 1.67. The predicted octanol–water partition coefficient (Wildman–Crippen LogP) is -1.42. The number of hydrogen-bond acceptors (Lipinski definition) is 4. The molecule has 0 heterocycles. The Bertz CT molecular complexity index is 187. The molecule has 0 saturated heterocycles. The molecule has 6 N–H and O–H groups in total. The van der Waals surface area contributed by atoms with Gasteiger partial charge >= 0.3 is 89.1 Å². The Morgan fingerprint density at radius 1 is 1.69 bits per heavy atom. The molecule has 80 valence electrons. The van der Waals surface area contributed by atoms with Crippen LogP contribution in [0.5, 0.6) is 0 Å². The Hall–Kier alpha value is -0.560. The molecule has 0 rings (SSSR count). The molecule has 0 aromatic rings. The zero-order valence-corrected chi connectivity index (χ0v) is 9.14. The van der Waals surface area contributed by atoms with Crippen LogP contribution in [0.25, 0.3) is 0 Å². The summed E-state index contributed by atoms with van der Waals surface area (Å²) in [6.45, 7) is 0.537. The van der Waals surface area contributed by atoms with Crippen molar-refractivity contribution in [1.29, 1.82) is 5.41 Å². The van der Waals surface area contributed by atoms with Crippen molar-refractivity contribution in [2.75, 3.05) is 6.54 Å². The van der Waals surface area contributed by atoms with Gasteiger partial charge in [-0.15, -0.1) is 0 Å². The molecule has 0 amide bonds. The maximum absolute atomic E-state index is 10.8. The SMILES string of the molecule is N=C(N)NCCC[C@H](N)C(=O)[O][Au]. The second-order valence-corrected chi connectivity index (χ2v) is 2.91. The number of nitrogens with one attached hydrogen (secondary N) is 2. The predicted molar refractivity (Wildman–Crippen MR) is 43.2 cm³/mol. The van der Waals surface area contributed by atoms with Crippen molar-refractivity contribution in [1.82, 2.24) is 5.32 Å². The summed E-state index contributed by atoms with van der Waals surface area (Å²) in [5, 5.41) is 9.45. The molecule has 0 fully saturated rings. The molecule has 7 heteroatoms. The topological polar surface area (TPSA) is 114 Å². The van der Waals surface area contributed by atoms with Gasteiger partial charge in [-0.3, -0.25) is 0 Å². The summed E-state index contributed by atoms with van der Waals surface area (Å²) in [4.78, 5) is 10.8. The van der Waals surface area contributed by atoms with Crippen molar-refractivity contribution < 1.29 is 29.5 Å². The van der Waals surface area contributed by atoms with Crippen molar-refractivity contribution >= 4 is 11.9 Å². The fourth-order valence-electron chi connectivity index (χ4n) is 0.709. The van der Waals surface area contributed by atoms with Gasteiger partial charge in [0, 0.05) is 0 Å². The Balaban J connectivity index is 3.42. The molecule has 0 bridgehead atoms. The third kappa shape index (κ3) is 6.59. The molecule has 0 aliphatic heterocycles. The Labute approximate surface area is 89.3 Å². The van der Waals surface area contributed by atoms with Gasteiger partial charge in [0.15, 0.2) is 0 Å². The molecule has 0 spiro atoms. The van der Waals surface area contributed by atoms with E-state index in [0.717, 1.165) is 0 Å². The van der Waals surface area contributed by atoms with Crippen LogP contribution in [0.4, 0.5) is 0 Å². The summed E-state index contributed by atoms with van der Waals surface area (Å²) < 4.78 is 4.38. The molecule has 0 aliphatic carbocycles. The summed E-state index contributed by atoms with van der Waals surface area (Å²) in [5.74, 6) is -0.519. The first kappa shape index (κ1) is 12.4. The molecular formula is C6H13AuN4O2. The number of rotatable bonds is 5. The van der Waals surface area contributed by atoms with Crippen molar-refractivity contribution in [3.05, 3.63) is 0 Å². The van der Waals surface area contributed by atoms with Gasteiger partial charge in [0.1, 0.15) is 0 Å². The normalized spacial score (nSPS) is 11.9. The van der Waals surface area contributed by atoms with E-state index in [1.54, 1.807) is 21.5 Å². The van der Waals surface area contributed by atoms with Crippen LogP contribution in [0.1, 0.15) is 12.8 Å². The van der Waals surface area contributed by atoms with Crippen molar-refractivity contribution in [3.8, 4) is 0 Å². The number of carbonyl (C=O) groups is 1. The molecule has 0 unspecified atom stereocenters. The van der Waals surface area contributed by atoms with Crippen molar-refractivity contribution in [3.63, 3.8) is 0 Å². The second kappa shape index (κ2) is 6.90. The molecular weight excluding hydrogens is 357 g/mol. The van der Waals surface area contributed by atoms with Crippen LogP contribution in [-0.4, -0.2) is 24.5 Å². The average molecular weight is 370 g/mol. The molecule has 0 radical (unpaired) electrons. The Morgan fingerprint density at radius 2 is 2.31 bits per heavy atom. The minimum atomic E-state index is -0.598. The summed E-state index contributed by atoms with van der Waals surface area (Å²) in [7, 11) is 0. The first-order valence-corrected chi connectivity index (χ1v) is 4.59. The Morgan fingerprint density at radius 3 is 2.77 bits per heavy atom. The van der Waals surface area contributed by atoms with Gasteiger partial charge in [-0.05, 0) is 0 Å². The van der Waals surface area contributed by atoms with E-state index in [1.807, 2.05) is 0 Å². The number of nitrogens with two attached hydrogens (primary N) is 2. The van der Waals surface area contributed by atoms with E-state index in [-0.39, 0.29) is 5.96 Å². The average Bonchev–Trinajstić information content (AvgIpc) is 2.10. The fraction of sp³-hybridized carbons (Fsp3) is 0.667. The van der Waals surface area contributed by atoms with Gasteiger partial charge in [-0.2, -0.15) is 0 Å². The van der Waals surface area contributed by atoms with Crippen LogP contribution in [0, 0.1) is 5.41 Å². The van der Waals surface area contributed by atoms with E-state index in [9.17, 15) is 4.79 Å². The van der Waals surface area contributed by atoms with Gasteiger partial charge in [0.05, 0.1) is 0 Å². The van der Waals surface area contributed by atoms with Crippen molar-refractivity contribution in [2.45, 2.75) is 18.9 Å². The number of hydrogen-bond donors (Lipinski definition) is 4. The van der Waals surface area contributed by atoms with Crippen LogP contribution in [0.2, 0.25) is 0 Å². The third-order valence-electron chi connectivity index (χ3n) is 1.37.